The molecule has 0 N–H and O–H groups in total. The largest absolute Gasteiger partial charge is 0.377 e. The van der Waals surface area contributed by atoms with Crippen molar-refractivity contribution in [3.05, 3.63) is 11.1 Å². The zero-order valence-electron chi connectivity index (χ0n) is 8.53. The van der Waals surface area contributed by atoms with Crippen LogP contribution in [0, 0.1) is 17.8 Å². The number of allylic oxidation sites excluding steroid dienone is 1. The highest BCUT2D eigenvalue weighted by atomic mass is 16.5. The maximum Gasteiger partial charge on any atom is 0.127 e. The summed E-state index contributed by atoms with van der Waals surface area (Å²) in [5.41, 5.74) is 2.96. The first-order valence-electron chi connectivity index (χ1n) is 5.56. The van der Waals surface area contributed by atoms with Crippen LogP contribution in [0.4, 0.5) is 0 Å². The van der Waals surface area contributed by atoms with Crippen LogP contribution < -0.4 is 0 Å². The lowest BCUT2D eigenvalue weighted by Crippen LogP contribution is -2.20. The molecule has 2 bridgehead atoms. The number of carbonyl (C=O) groups is 1. The van der Waals surface area contributed by atoms with E-state index in [9.17, 15) is 4.79 Å². The highest BCUT2D eigenvalue weighted by molar-refractivity contribution is 5.62. The molecule has 3 aliphatic rings. The molecule has 2 saturated carbocycles. The molecule has 3 rings (SSSR count). The number of carbonyl (C=O) groups excluding carboxylic acids is 1. The third-order valence-electron chi connectivity index (χ3n) is 4.36. The summed E-state index contributed by atoms with van der Waals surface area (Å²) in [5.74, 6) is 1.78. The summed E-state index contributed by atoms with van der Waals surface area (Å²) in [7, 11) is 1.79. The molecule has 0 aromatic carbocycles. The summed E-state index contributed by atoms with van der Waals surface area (Å²) >= 11 is 0. The van der Waals surface area contributed by atoms with Gasteiger partial charge in [-0.25, -0.2) is 0 Å². The van der Waals surface area contributed by atoms with E-state index in [1.807, 2.05) is 0 Å². The Balaban J connectivity index is 2.00. The summed E-state index contributed by atoms with van der Waals surface area (Å²) in [6.45, 7) is 0. The number of ether oxygens (including phenoxy) is 1. The van der Waals surface area contributed by atoms with Crippen molar-refractivity contribution in [1.82, 2.24) is 0 Å². The summed E-state index contributed by atoms with van der Waals surface area (Å²) in [6.07, 6.45) is 6.22. The molecule has 76 valence electrons. The van der Waals surface area contributed by atoms with Crippen LogP contribution in [-0.2, 0) is 9.53 Å². The van der Waals surface area contributed by atoms with E-state index in [1.54, 1.807) is 7.11 Å². The molecule has 0 spiro atoms. The van der Waals surface area contributed by atoms with Crippen molar-refractivity contribution in [3.8, 4) is 0 Å². The van der Waals surface area contributed by atoms with E-state index in [4.69, 9.17) is 4.74 Å². The standard InChI is InChI=1S/C12H16O2/c1-14-11-5-8-4-10(11)12-7(6-13)2-3-9(8)12/h6-9,11H,2-5H2,1H3. The second-order valence-corrected chi connectivity index (χ2v) is 4.83. The Morgan fingerprint density at radius 3 is 3.00 bits per heavy atom. The molecule has 3 aliphatic carbocycles. The number of methoxy groups -OCH3 is 1. The number of fused-ring (bicyclic) bond motifs is 4. The van der Waals surface area contributed by atoms with E-state index < -0.39 is 0 Å². The van der Waals surface area contributed by atoms with E-state index in [2.05, 4.69) is 0 Å². The van der Waals surface area contributed by atoms with Gasteiger partial charge in [0, 0.05) is 13.0 Å². The molecular formula is C12H16O2. The van der Waals surface area contributed by atoms with E-state index >= 15 is 0 Å². The second kappa shape index (κ2) is 2.93. The fourth-order valence-corrected chi connectivity index (χ4v) is 3.82. The van der Waals surface area contributed by atoms with Gasteiger partial charge in [0.25, 0.3) is 0 Å². The van der Waals surface area contributed by atoms with E-state index in [0.29, 0.717) is 6.10 Å². The highest BCUT2D eigenvalue weighted by Gasteiger charge is 2.49. The molecule has 0 saturated heterocycles. The third kappa shape index (κ3) is 0.924. The normalized spacial score (nSPS) is 44.6. The predicted octanol–water partition coefficient (Wildman–Crippen LogP) is 1.95. The zero-order valence-corrected chi connectivity index (χ0v) is 8.53. The van der Waals surface area contributed by atoms with Crippen LogP contribution in [0.2, 0.25) is 0 Å². The molecule has 0 amide bonds. The maximum absolute atomic E-state index is 10.9. The van der Waals surface area contributed by atoms with Crippen molar-refractivity contribution in [1.29, 1.82) is 0 Å². The Labute approximate surface area is 84.3 Å². The van der Waals surface area contributed by atoms with Crippen LogP contribution in [0.1, 0.15) is 25.7 Å². The smallest absolute Gasteiger partial charge is 0.127 e. The Bertz CT molecular complexity index is 305. The molecule has 0 radical (unpaired) electrons. The highest BCUT2D eigenvalue weighted by Crippen LogP contribution is 2.56. The van der Waals surface area contributed by atoms with Crippen molar-refractivity contribution in [3.63, 3.8) is 0 Å². The Morgan fingerprint density at radius 2 is 2.29 bits per heavy atom. The van der Waals surface area contributed by atoms with Crippen LogP contribution in [0.3, 0.4) is 0 Å². The maximum atomic E-state index is 10.9. The van der Waals surface area contributed by atoms with Crippen LogP contribution in [0.25, 0.3) is 0 Å². The van der Waals surface area contributed by atoms with Gasteiger partial charge in [-0.05, 0) is 43.1 Å². The van der Waals surface area contributed by atoms with E-state index in [1.165, 1.54) is 30.4 Å². The van der Waals surface area contributed by atoms with Crippen LogP contribution in [0.15, 0.2) is 11.1 Å². The van der Waals surface area contributed by atoms with Gasteiger partial charge < -0.3 is 9.53 Å². The zero-order chi connectivity index (χ0) is 9.71. The van der Waals surface area contributed by atoms with Gasteiger partial charge in [0.05, 0.1) is 6.10 Å². The van der Waals surface area contributed by atoms with Crippen LogP contribution in [-0.4, -0.2) is 19.5 Å². The summed E-state index contributed by atoms with van der Waals surface area (Å²) in [6, 6.07) is 0. The van der Waals surface area contributed by atoms with Gasteiger partial charge in [-0.1, -0.05) is 5.57 Å². The lowest BCUT2D eigenvalue weighted by molar-refractivity contribution is -0.110. The van der Waals surface area contributed by atoms with Gasteiger partial charge in [0.2, 0.25) is 0 Å². The van der Waals surface area contributed by atoms with Gasteiger partial charge in [-0.3, -0.25) is 0 Å². The molecule has 2 fully saturated rings. The molecular weight excluding hydrogens is 176 g/mol. The molecule has 4 unspecified atom stereocenters. The van der Waals surface area contributed by atoms with Gasteiger partial charge in [-0.2, -0.15) is 0 Å². The number of hydrogen-bond donors (Lipinski definition) is 0. The van der Waals surface area contributed by atoms with Gasteiger partial charge in [-0.15, -0.1) is 0 Å². The van der Waals surface area contributed by atoms with Gasteiger partial charge in [0.1, 0.15) is 6.29 Å². The lowest BCUT2D eigenvalue weighted by Gasteiger charge is -2.23. The number of hydrogen-bond acceptors (Lipinski definition) is 2. The first-order valence-corrected chi connectivity index (χ1v) is 5.56. The Morgan fingerprint density at radius 1 is 1.43 bits per heavy atom. The fourth-order valence-electron chi connectivity index (χ4n) is 3.82. The topological polar surface area (TPSA) is 26.3 Å². The number of rotatable bonds is 2. The summed E-state index contributed by atoms with van der Waals surface area (Å²) < 4.78 is 5.47. The lowest BCUT2D eigenvalue weighted by atomic mass is 9.85. The Hall–Kier alpha value is -0.630. The minimum absolute atomic E-state index is 0.234. The van der Waals surface area contributed by atoms with Crippen molar-refractivity contribution >= 4 is 6.29 Å². The summed E-state index contributed by atoms with van der Waals surface area (Å²) in [4.78, 5) is 10.9. The van der Waals surface area contributed by atoms with E-state index in [0.717, 1.165) is 24.5 Å². The number of aldehydes is 1. The van der Waals surface area contributed by atoms with Crippen LogP contribution in [0.5, 0.6) is 0 Å². The molecule has 14 heavy (non-hydrogen) atoms. The first kappa shape index (κ1) is 8.66. The first-order chi connectivity index (χ1) is 6.85. The molecule has 0 aliphatic heterocycles. The van der Waals surface area contributed by atoms with Crippen LogP contribution >= 0.6 is 0 Å². The average Bonchev–Trinajstić information content (AvgIpc) is 2.87. The quantitative estimate of drug-likeness (QED) is 0.493. The monoisotopic (exact) mass is 192 g/mol. The third-order valence-corrected chi connectivity index (χ3v) is 4.36. The van der Waals surface area contributed by atoms with E-state index in [-0.39, 0.29) is 5.92 Å². The van der Waals surface area contributed by atoms with Gasteiger partial charge >= 0.3 is 0 Å². The minimum atomic E-state index is 0.234. The molecule has 2 heteroatoms. The molecule has 4 atom stereocenters. The van der Waals surface area contributed by atoms with Gasteiger partial charge in [0.15, 0.2) is 0 Å². The predicted molar refractivity (Wildman–Crippen MR) is 52.8 cm³/mol. The van der Waals surface area contributed by atoms with Crippen molar-refractivity contribution in [2.24, 2.45) is 17.8 Å². The fraction of sp³-hybridized carbons (Fsp3) is 0.750. The molecule has 2 nitrogen and oxygen atoms in total. The van der Waals surface area contributed by atoms with Crippen molar-refractivity contribution < 1.29 is 9.53 Å². The Kier molecular flexibility index (Phi) is 1.81. The summed E-state index contributed by atoms with van der Waals surface area (Å²) in [5, 5.41) is 0. The molecule has 0 heterocycles. The molecule has 0 aromatic heterocycles. The minimum Gasteiger partial charge on any atom is -0.377 e. The average molecular weight is 192 g/mol. The van der Waals surface area contributed by atoms with Crippen molar-refractivity contribution in [2.45, 2.75) is 31.8 Å². The second-order valence-electron chi connectivity index (χ2n) is 4.83. The molecule has 0 aromatic rings. The van der Waals surface area contributed by atoms with Crippen molar-refractivity contribution in [2.75, 3.05) is 7.11 Å². The SMILES string of the molecule is COC1CC2CC1=C1C(C=O)CCC12.